The van der Waals surface area contributed by atoms with Crippen molar-refractivity contribution in [2.24, 2.45) is 0 Å². The number of hydrogen-bond acceptors (Lipinski definition) is 2. The van der Waals surface area contributed by atoms with Crippen LogP contribution in [0.1, 0.15) is 18.4 Å². The highest BCUT2D eigenvalue weighted by Gasteiger charge is 2.34. The number of hydrogen-bond donors (Lipinski definition) is 2. The number of halogens is 3. The molecule has 1 saturated heterocycles. The van der Waals surface area contributed by atoms with Gasteiger partial charge in [-0.3, -0.25) is 4.79 Å². The molecule has 1 heterocycles. The minimum absolute atomic E-state index is 0.191. The fourth-order valence-electron chi connectivity index (χ4n) is 1.97. The maximum Gasteiger partial charge on any atom is 0.418 e. The predicted octanol–water partition coefficient (Wildman–Crippen LogP) is 2.40. The maximum absolute atomic E-state index is 12.7. The molecule has 1 fully saturated rings. The van der Waals surface area contributed by atoms with E-state index in [4.69, 9.17) is 0 Å². The van der Waals surface area contributed by atoms with Crippen LogP contribution < -0.4 is 10.6 Å². The fraction of sp³-hybridized carbons (Fsp3) is 0.417. The van der Waals surface area contributed by atoms with E-state index >= 15 is 0 Å². The Morgan fingerprint density at radius 2 is 2.06 bits per heavy atom. The van der Waals surface area contributed by atoms with Gasteiger partial charge >= 0.3 is 6.18 Å². The maximum atomic E-state index is 12.7. The van der Waals surface area contributed by atoms with E-state index in [1.165, 1.54) is 18.2 Å². The highest BCUT2D eigenvalue weighted by Crippen LogP contribution is 2.34. The van der Waals surface area contributed by atoms with Gasteiger partial charge in [0.15, 0.2) is 0 Å². The van der Waals surface area contributed by atoms with Crippen LogP contribution in [-0.2, 0) is 11.0 Å². The molecule has 2 rings (SSSR count). The molecule has 1 amide bonds. The van der Waals surface area contributed by atoms with Gasteiger partial charge in [-0.15, -0.1) is 0 Å². The molecule has 6 heteroatoms. The monoisotopic (exact) mass is 258 g/mol. The second kappa shape index (κ2) is 4.97. The molecule has 0 bridgehead atoms. The molecule has 98 valence electrons. The van der Waals surface area contributed by atoms with Gasteiger partial charge < -0.3 is 10.6 Å². The lowest BCUT2D eigenvalue weighted by Crippen LogP contribution is -2.36. The second-order valence-electron chi connectivity index (χ2n) is 4.18. The van der Waals surface area contributed by atoms with Gasteiger partial charge in [-0.05, 0) is 31.5 Å². The molecule has 0 radical (unpaired) electrons. The van der Waals surface area contributed by atoms with Gasteiger partial charge in [0.1, 0.15) is 0 Å². The lowest BCUT2D eigenvalue weighted by atomic mass is 10.1. The van der Waals surface area contributed by atoms with Gasteiger partial charge in [-0.2, -0.15) is 13.2 Å². The zero-order valence-corrected chi connectivity index (χ0v) is 9.55. The summed E-state index contributed by atoms with van der Waals surface area (Å²) in [5, 5.41) is 5.28. The lowest BCUT2D eigenvalue weighted by molar-refractivity contribution is -0.137. The Balaban J connectivity index is 2.16. The van der Waals surface area contributed by atoms with Crippen molar-refractivity contribution in [3.63, 3.8) is 0 Å². The van der Waals surface area contributed by atoms with Crippen molar-refractivity contribution < 1.29 is 18.0 Å². The number of benzene rings is 1. The van der Waals surface area contributed by atoms with Gasteiger partial charge in [0.05, 0.1) is 17.3 Å². The van der Waals surface area contributed by atoms with Gasteiger partial charge in [-0.1, -0.05) is 12.1 Å². The molecule has 1 aliphatic heterocycles. The van der Waals surface area contributed by atoms with E-state index in [-0.39, 0.29) is 5.69 Å². The molecule has 1 aromatic rings. The first-order valence-corrected chi connectivity index (χ1v) is 5.69. The predicted molar refractivity (Wildman–Crippen MR) is 61.1 cm³/mol. The first-order chi connectivity index (χ1) is 8.48. The van der Waals surface area contributed by atoms with Crippen LogP contribution in [0.3, 0.4) is 0 Å². The van der Waals surface area contributed by atoms with Crippen LogP contribution in [0.4, 0.5) is 18.9 Å². The van der Waals surface area contributed by atoms with Crippen LogP contribution in [0, 0.1) is 0 Å². The fourth-order valence-corrected chi connectivity index (χ4v) is 1.97. The minimum Gasteiger partial charge on any atom is -0.324 e. The van der Waals surface area contributed by atoms with Crippen molar-refractivity contribution in [2.75, 3.05) is 11.9 Å². The third-order valence-corrected chi connectivity index (χ3v) is 2.87. The minimum atomic E-state index is -4.47. The molecule has 0 aliphatic carbocycles. The Bertz CT molecular complexity index is 439. The smallest absolute Gasteiger partial charge is 0.324 e. The van der Waals surface area contributed by atoms with Crippen molar-refractivity contribution in [1.29, 1.82) is 0 Å². The number of carbonyl (C=O) groups is 1. The van der Waals surface area contributed by atoms with E-state index in [2.05, 4.69) is 10.6 Å². The summed E-state index contributed by atoms with van der Waals surface area (Å²) in [6.07, 6.45) is -2.95. The van der Waals surface area contributed by atoms with Crippen molar-refractivity contribution in [2.45, 2.75) is 25.1 Å². The highest BCUT2D eigenvalue weighted by molar-refractivity contribution is 5.95. The first-order valence-electron chi connectivity index (χ1n) is 5.69. The zero-order valence-electron chi connectivity index (χ0n) is 9.55. The quantitative estimate of drug-likeness (QED) is 0.855. The Hall–Kier alpha value is -1.56. The van der Waals surface area contributed by atoms with Crippen molar-refractivity contribution in [3.05, 3.63) is 29.8 Å². The number of alkyl halides is 3. The third kappa shape index (κ3) is 2.81. The first kappa shape index (κ1) is 12.9. The van der Waals surface area contributed by atoms with Crippen LogP contribution in [-0.4, -0.2) is 18.5 Å². The summed E-state index contributed by atoms with van der Waals surface area (Å²) >= 11 is 0. The van der Waals surface area contributed by atoms with Gasteiger partial charge in [0.2, 0.25) is 5.91 Å². The molecule has 0 spiro atoms. The summed E-state index contributed by atoms with van der Waals surface area (Å²) in [5.74, 6) is -0.413. The largest absolute Gasteiger partial charge is 0.418 e. The summed E-state index contributed by atoms with van der Waals surface area (Å²) < 4.78 is 38.1. The Labute approximate surface area is 102 Å². The topological polar surface area (TPSA) is 41.1 Å². The number of anilines is 1. The SMILES string of the molecule is O=C(Nc1ccccc1C(F)(F)F)[C@H]1CCCN1. The summed E-state index contributed by atoms with van der Waals surface area (Å²) in [6, 6.07) is 4.58. The van der Waals surface area contributed by atoms with Crippen molar-refractivity contribution >= 4 is 11.6 Å². The molecule has 1 aliphatic rings. The van der Waals surface area contributed by atoms with Crippen molar-refractivity contribution in [3.8, 4) is 0 Å². The number of carbonyl (C=O) groups excluding carboxylic acids is 1. The highest BCUT2D eigenvalue weighted by atomic mass is 19.4. The van der Waals surface area contributed by atoms with Crippen LogP contribution in [0.5, 0.6) is 0 Å². The number of amides is 1. The van der Waals surface area contributed by atoms with Gasteiger partial charge in [0.25, 0.3) is 0 Å². The second-order valence-corrected chi connectivity index (χ2v) is 4.18. The number of rotatable bonds is 2. The van der Waals surface area contributed by atoms with Gasteiger partial charge in [-0.25, -0.2) is 0 Å². The Morgan fingerprint density at radius 3 is 2.67 bits per heavy atom. The van der Waals surface area contributed by atoms with E-state index in [9.17, 15) is 18.0 Å². The summed E-state index contributed by atoms with van der Waals surface area (Å²) in [6.45, 7) is 0.721. The summed E-state index contributed by atoms with van der Waals surface area (Å²) in [7, 11) is 0. The van der Waals surface area contributed by atoms with Crippen LogP contribution >= 0.6 is 0 Å². The van der Waals surface area contributed by atoms with Crippen LogP contribution in [0.25, 0.3) is 0 Å². The van der Waals surface area contributed by atoms with E-state index < -0.39 is 23.7 Å². The molecule has 18 heavy (non-hydrogen) atoms. The van der Waals surface area contributed by atoms with Crippen LogP contribution in [0.15, 0.2) is 24.3 Å². The average molecular weight is 258 g/mol. The molecular formula is C12H13F3N2O. The Kier molecular flexibility index (Phi) is 3.56. The van der Waals surface area contributed by atoms with Gasteiger partial charge in [0, 0.05) is 0 Å². The molecule has 0 saturated carbocycles. The molecule has 2 N–H and O–H groups in total. The molecule has 3 nitrogen and oxygen atoms in total. The lowest BCUT2D eigenvalue weighted by Gasteiger charge is -2.15. The third-order valence-electron chi connectivity index (χ3n) is 2.87. The van der Waals surface area contributed by atoms with E-state index in [1.54, 1.807) is 0 Å². The molecule has 0 aromatic heterocycles. The summed E-state index contributed by atoms with van der Waals surface area (Å²) in [4.78, 5) is 11.8. The standard InChI is InChI=1S/C12H13F3N2O/c13-12(14,15)8-4-1-2-5-9(8)17-11(18)10-6-3-7-16-10/h1-2,4-5,10,16H,3,6-7H2,(H,17,18)/t10-/m1/s1. The van der Waals surface area contributed by atoms with E-state index in [0.717, 1.165) is 19.0 Å². The number of para-hydroxylation sites is 1. The van der Waals surface area contributed by atoms with E-state index in [0.29, 0.717) is 6.42 Å². The normalized spacial score (nSPS) is 19.8. The molecular weight excluding hydrogens is 245 g/mol. The molecule has 1 atom stereocenters. The molecule has 0 unspecified atom stereocenters. The zero-order chi connectivity index (χ0) is 13.2. The number of nitrogens with one attached hydrogen (secondary N) is 2. The van der Waals surface area contributed by atoms with E-state index in [1.807, 2.05) is 0 Å². The van der Waals surface area contributed by atoms with Crippen molar-refractivity contribution in [1.82, 2.24) is 5.32 Å². The Morgan fingerprint density at radius 1 is 1.33 bits per heavy atom. The summed E-state index contributed by atoms with van der Waals surface area (Å²) in [5.41, 5.74) is -1.01. The van der Waals surface area contributed by atoms with Crippen LogP contribution in [0.2, 0.25) is 0 Å². The average Bonchev–Trinajstić information content (AvgIpc) is 2.81. The molecule has 1 aromatic carbocycles.